The van der Waals surface area contributed by atoms with E-state index in [1.807, 2.05) is 31.2 Å². The molecule has 5 heteroatoms. The number of aliphatic carboxylic acids is 1. The molecule has 2 rings (SSSR count). The average molecular weight is 248 g/mol. The summed E-state index contributed by atoms with van der Waals surface area (Å²) in [6, 6.07) is 7.55. The van der Waals surface area contributed by atoms with E-state index in [9.17, 15) is 4.79 Å². The van der Waals surface area contributed by atoms with Crippen LogP contribution in [0.1, 0.15) is 12.7 Å². The molecule has 0 unspecified atom stereocenters. The fourth-order valence-electron chi connectivity index (χ4n) is 1.94. The van der Waals surface area contributed by atoms with Crippen molar-refractivity contribution >= 4 is 17.0 Å². The lowest BCUT2D eigenvalue weighted by Crippen LogP contribution is -2.13. The molecule has 0 radical (unpaired) electrons. The number of fused-ring (bicyclic) bond motifs is 1. The topological polar surface area (TPSA) is 64.4 Å². The Labute approximate surface area is 105 Å². The van der Waals surface area contributed by atoms with E-state index in [2.05, 4.69) is 4.98 Å². The van der Waals surface area contributed by atoms with Crippen molar-refractivity contribution in [3.05, 3.63) is 30.1 Å². The van der Waals surface area contributed by atoms with Gasteiger partial charge in [-0.1, -0.05) is 12.1 Å². The van der Waals surface area contributed by atoms with Crippen molar-refractivity contribution in [2.24, 2.45) is 0 Å². The van der Waals surface area contributed by atoms with Gasteiger partial charge in [-0.3, -0.25) is 4.79 Å². The molecule has 0 saturated carbocycles. The molecular formula is C13H16N2O3. The Morgan fingerprint density at radius 3 is 2.94 bits per heavy atom. The molecule has 0 saturated heterocycles. The lowest BCUT2D eigenvalue weighted by molar-refractivity contribution is -0.137. The normalized spacial score (nSPS) is 10.9. The summed E-state index contributed by atoms with van der Waals surface area (Å²) in [6.45, 7) is 3.07. The first kappa shape index (κ1) is 12.6. The van der Waals surface area contributed by atoms with Crippen LogP contribution in [0.5, 0.6) is 0 Å². The highest BCUT2D eigenvalue weighted by Gasteiger charge is 2.12. The zero-order valence-corrected chi connectivity index (χ0v) is 10.3. The summed E-state index contributed by atoms with van der Waals surface area (Å²) in [5.41, 5.74) is 1.68. The predicted octanol–water partition coefficient (Wildman–Crippen LogP) is 1.70. The van der Waals surface area contributed by atoms with E-state index in [4.69, 9.17) is 9.84 Å². The Bertz CT molecular complexity index is 548. The molecule has 2 aromatic rings. The Morgan fingerprint density at radius 1 is 1.44 bits per heavy atom. The maximum Gasteiger partial charge on any atom is 0.323 e. The highest BCUT2D eigenvalue weighted by Crippen LogP contribution is 2.16. The van der Waals surface area contributed by atoms with Crippen LogP contribution in [0.2, 0.25) is 0 Å². The van der Waals surface area contributed by atoms with E-state index in [1.165, 1.54) is 0 Å². The van der Waals surface area contributed by atoms with Gasteiger partial charge in [-0.05, 0) is 19.1 Å². The van der Waals surface area contributed by atoms with E-state index < -0.39 is 5.97 Å². The molecule has 5 nitrogen and oxygen atoms in total. The number of ether oxygens (including phenoxy) is 1. The van der Waals surface area contributed by atoms with Gasteiger partial charge >= 0.3 is 5.97 Å². The maximum atomic E-state index is 10.9. The molecule has 0 atom stereocenters. The van der Waals surface area contributed by atoms with Crippen LogP contribution in [0.3, 0.4) is 0 Å². The number of aromatic nitrogens is 2. The van der Waals surface area contributed by atoms with Crippen molar-refractivity contribution in [2.45, 2.75) is 19.9 Å². The standard InChI is InChI=1S/C13H16N2O3/c1-2-18-8-7-12-14-10-5-3-4-6-11(10)15(12)9-13(16)17/h3-6H,2,7-9H2,1H3,(H,16,17). The van der Waals surface area contributed by atoms with Gasteiger partial charge in [0, 0.05) is 13.0 Å². The third kappa shape index (κ3) is 2.68. The number of nitrogens with zero attached hydrogens (tertiary/aromatic N) is 2. The van der Waals surface area contributed by atoms with Crippen molar-refractivity contribution in [2.75, 3.05) is 13.2 Å². The van der Waals surface area contributed by atoms with E-state index in [0.29, 0.717) is 19.6 Å². The number of carbonyl (C=O) groups is 1. The number of hydrogen-bond acceptors (Lipinski definition) is 3. The van der Waals surface area contributed by atoms with Gasteiger partial charge in [-0.15, -0.1) is 0 Å². The first-order valence-electron chi connectivity index (χ1n) is 5.96. The number of carboxylic acid groups (broad SMARTS) is 1. The average Bonchev–Trinajstić information content (AvgIpc) is 2.68. The second kappa shape index (κ2) is 5.64. The molecule has 1 aromatic heterocycles. The Balaban J connectivity index is 2.33. The molecule has 0 fully saturated rings. The number of carboxylic acids is 1. The van der Waals surface area contributed by atoms with Crippen LogP contribution in [-0.4, -0.2) is 33.8 Å². The molecule has 0 aliphatic heterocycles. The molecule has 18 heavy (non-hydrogen) atoms. The van der Waals surface area contributed by atoms with Gasteiger partial charge in [0.05, 0.1) is 17.6 Å². The summed E-state index contributed by atoms with van der Waals surface area (Å²) >= 11 is 0. The van der Waals surface area contributed by atoms with Crippen LogP contribution in [0.4, 0.5) is 0 Å². The number of imidazole rings is 1. The molecule has 1 N–H and O–H groups in total. The minimum atomic E-state index is -0.865. The summed E-state index contributed by atoms with van der Waals surface area (Å²) in [5, 5.41) is 8.96. The van der Waals surface area contributed by atoms with Crippen molar-refractivity contribution in [3.63, 3.8) is 0 Å². The molecule has 0 spiro atoms. The largest absolute Gasteiger partial charge is 0.480 e. The Kier molecular flexibility index (Phi) is 3.94. The van der Waals surface area contributed by atoms with Crippen LogP contribution < -0.4 is 0 Å². The van der Waals surface area contributed by atoms with Gasteiger partial charge in [0.15, 0.2) is 0 Å². The first-order chi connectivity index (χ1) is 8.72. The lowest BCUT2D eigenvalue weighted by Gasteiger charge is -2.06. The zero-order chi connectivity index (χ0) is 13.0. The third-order valence-corrected chi connectivity index (χ3v) is 2.70. The summed E-state index contributed by atoms with van der Waals surface area (Å²) in [6.07, 6.45) is 0.621. The van der Waals surface area contributed by atoms with E-state index in [0.717, 1.165) is 16.9 Å². The molecule has 0 aliphatic carbocycles. The number of benzene rings is 1. The summed E-state index contributed by atoms with van der Waals surface area (Å²) in [5.74, 6) is -0.108. The number of hydrogen-bond donors (Lipinski definition) is 1. The summed E-state index contributed by atoms with van der Waals surface area (Å²) in [7, 11) is 0. The minimum absolute atomic E-state index is 0.0675. The van der Waals surface area contributed by atoms with Crippen LogP contribution in [0.15, 0.2) is 24.3 Å². The van der Waals surface area contributed by atoms with Gasteiger partial charge < -0.3 is 14.4 Å². The van der Waals surface area contributed by atoms with Gasteiger partial charge in [0.2, 0.25) is 0 Å². The molecule has 1 aromatic carbocycles. The monoisotopic (exact) mass is 248 g/mol. The third-order valence-electron chi connectivity index (χ3n) is 2.70. The van der Waals surface area contributed by atoms with Crippen LogP contribution in [0.25, 0.3) is 11.0 Å². The van der Waals surface area contributed by atoms with E-state index >= 15 is 0 Å². The van der Waals surface area contributed by atoms with Gasteiger partial charge in [-0.25, -0.2) is 4.98 Å². The molecule has 0 bridgehead atoms. The van der Waals surface area contributed by atoms with Crippen molar-refractivity contribution in [1.82, 2.24) is 9.55 Å². The fraction of sp³-hybridized carbons (Fsp3) is 0.385. The van der Waals surface area contributed by atoms with Gasteiger partial charge in [0.1, 0.15) is 12.4 Å². The minimum Gasteiger partial charge on any atom is -0.480 e. The molecule has 96 valence electrons. The van der Waals surface area contributed by atoms with Crippen LogP contribution in [0, 0.1) is 0 Å². The number of rotatable bonds is 6. The van der Waals surface area contributed by atoms with Crippen LogP contribution >= 0.6 is 0 Å². The van der Waals surface area contributed by atoms with Gasteiger partial charge in [-0.2, -0.15) is 0 Å². The highest BCUT2D eigenvalue weighted by molar-refractivity contribution is 5.78. The van der Waals surface area contributed by atoms with Gasteiger partial charge in [0.25, 0.3) is 0 Å². The fourth-order valence-corrected chi connectivity index (χ4v) is 1.94. The zero-order valence-electron chi connectivity index (χ0n) is 10.3. The summed E-state index contributed by atoms with van der Waals surface area (Å²) < 4.78 is 7.03. The second-order valence-electron chi connectivity index (χ2n) is 3.94. The smallest absolute Gasteiger partial charge is 0.323 e. The molecule has 0 amide bonds. The van der Waals surface area contributed by atoms with E-state index in [-0.39, 0.29) is 6.54 Å². The quantitative estimate of drug-likeness (QED) is 0.790. The molecular weight excluding hydrogens is 232 g/mol. The van der Waals surface area contributed by atoms with Crippen molar-refractivity contribution in [1.29, 1.82) is 0 Å². The maximum absolute atomic E-state index is 10.9. The van der Waals surface area contributed by atoms with E-state index in [1.54, 1.807) is 4.57 Å². The van der Waals surface area contributed by atoms with Crippen molar-refractivity contribution < 1.29 is 14.6 Å². The Morgan fingerprint density at radius 2 is 2.22 bits per heavy atom. The molecule has 1 heterocycles. The second-order valence-corrected chi connectivity index (χ2v) is 3.94. The number of para-hydroxylation sites is 2. The lowest BCUT2D eigenvalue weighted by atomic mass is 10.3. The predicted molar refractivity (Wildman–Crippen MR) is 67.6 cm³/mol. The SMILES string of the molecule is CCOCCc1nc2ccccc2n1CC(=O)O. The molecule has 0 aliphatic rings. The summed E-state index contributed by atoms with van der Waals surface area (Å²) in [4.78, 5) is 15.4. The highest BCUT2D eigenvalue weighted by atomic mass is 16.5. The first-order valence-corrected chi connectivity index (χ1v) is 5.96. The van der Waals surface area contributed by atoms with Crippen molar-refractivity contribution in [3.8, 4) is 0 Å². The van der Waals surface area contributed by atoms with Crippen LogP contribution in [-0.2, 0) is 22.5 Å². The Hall–Kier alpha value is -1.88.